The summed E-state index contributed by atoms with van der Waals surface area (Å²) in [7, 11) is 1.95. The summed E-state index contributed by atoms with van der Waals surface area (Å²) in [6.07, 6.45) is 0. The van der Waals surface area contributed by atoms with Crippen molar-refractivity contribution in [2.75, 3.05) is 11.9 Å². The second-order valence-electron chi connectivity index (χ2n) is 4.27. The summed E-state index contributed by atoms with van der Waals surface area (Å²) < 4.78 is 13.7. The lowest BCUT2D eigenvalue weighted by atomic mass is 10.1. The maximum atomic E-state index is 13.7. The molecule has 0 aliphatic carbocycles. The van der Waals surface area contributed by atoms with E-state index in [4.69, 9.17) is 0 Å². The highest BCUT2D eigenvalue weighted by molar-refractivity contribution is 9.08. The molecule has 0 unspecified atom stereocenters. The fraction of sp³-hybridized carbons (Fsp3) is 0.200. The minimum atomic E-state index is -0.177. The van der Waals surface area contributed by atoms with Gasteiger partial charge in [-0.1, -0.05) is 34.1 Å². The molecule has 0 heterocycles. The Morgan fingerprint density at radius 3 is 2.56 bits per heavy atom. The molecule has 0 aromatic heterocycles. The van der Waals surface area contributed by atoms with Crippen LogP contribution < -0.4 is 4.90 Å². The molecule has 0 saturated heterocycles. The molecule has 0 fully saturated rings. The minimum Gasteiger partial charge on any atom is -0.344 e. The van der Waals surface area contributed by atoms with Crippen LogP contribution in [0, 0.1) is 12.7 Å². The number of hydrogen-bond donors (Lipinski definition) is 0. The van der Waals surface area contributed by atoms with Gasteiger partial charge >= 0.3 is 0 Å². The van der Waals surface area contributed by atoms with E-state index in [0.717, 1.165) is 11.4 Å². The molecule has 3 heteroatoms. The summed E-state index contributed by atoms with van der Waals surface area (Å²) in [4.78, 5) is 2.01. The predicted octanol–water partition coefficient (Wildman–Crippen LogP) is 4.80. The molecule has 1 nitrogen and oxygen atoms in total. The van der Waals surface area contributed by atoms with Crippen LogP contribution in [0.15, 0.2) is 42.5 Å². The molecular formula is C15H15BrFN. The summed E-state index contributed by atoms with van der Waals surface area (Å²) in [5.74, 6) is -0.177. The van der Waals surface area contributed by atoms with Crippen LogP contribution >= 0.6 is 15.9 Å². The first kappa shape index (κ1) is 13.1. The van der Waals surface area contributed by atoms with Gasteiger partial charge in [-0.15, -0.1) is 0 Å². The van der Waals surface area contributed by atoms with Crippen LogP contribution in [0.1, 0.15) is 11.1 Å². The van der Waals surface area contributed by atoms with Crippen molar-refractivity contribution in [2.45, 2.75) is 12.3 Å². The van der Waals surface area contributed by atoms with Gasteiger partial charge in [0.2, 0.25) is 0 Å². The van der Waals surface area contributed by atoms with Crippen molar-refractivity contribution in [3.63, 3.8) is 0 Å². The van der Waals surface area contributed by atoms with E-state index in [1.807, 2.05) is 43.1 Å². The van der Waals surface area contributed by atoms with E-state index in [1.165, 1.54) is 11.6 Å². The van der Waals surface area contributed by atoms with E-state index >= 15 is 0 Å². The Bertz CT molecular complexity index is 554. The Morgan fingerprint density at radius 2 is 1.89 bits per heavy atom. The lowest BCUT2D eigenvalue weighted by molar-refractivity contribution is 0.618. The highest BCUT2D eigenvalue weighted by Crippen LogP contribution is 2.30. The smallest absolute Gasteiger partial charge is 0.129 e. The second kappa shape index (κ2) is 5.53. The molecule has 0 N–H and O–H groups in total. The van der Waals surface area contributed by atoms with Gasteiger partial charge in [-0.05, 0) is 36.8 Å². The molecule has 2 aromatic carbocycles. The Balaban J connectivity index is 2.46. The number of rotatable bonds is 3. The van der Waals surface area contributed by atoms with Gasteiger partial charge in [0.15, 0.2) is 0 Å². The maximum absolute atomic E-state index is 13.7. The number of benzene rings is 2. The molecule has 0 aliphatic rings. The minimum absolute atomic E-state index is 0.177. The Hall–Kier alpha value is -1.35. The summed E-state index contributed by atoms with van der Waals surface area (Å²) in [5, 5.41) is 0.505. The predicted molar refractivity (Wildman–Crippen MR) is 78.3 cm³/mol. The number of hydrogen-bond acceptors (Lipinski definition) is 1. The maximum Gasteiger partial charge on any atom is 0.129 e. The van der Waals surface area contributed by atoms with Crippen LogP contribution in [-0.4, -0.2) is 7.05 Å². The molecule has 2 rings (SSSR count). The van der Waals surface area contributed by atoms with Gasteiger partial charge in [-0.3, -0.25) is 0 Å². The first-order valence-electron chi connectivity index (χ1n) is 5.77. The van der Waals surface area contributed by atoms with Crippen molar-refractivity contribution in [1.29, 1.82) is 0 Å². The quantitative estimate of drug-likeness (QED) is 0.736. The summed E-state index contributed by atoms with van der Waals surface area (Å²) in [5.41, 5.74) is 3.82. The van der Waals surface area contributed by atoms with Crippen LogP contribution in [0.5, 0.6) is 0 Å². The van der Waals surface area contributed by atoms with E-state index < -0.39 is 0 Å². The summed E-state index contributed by atoms with van der Waals surface area (Å²) >= 11 is 3.35. The zero-order valence-corrected chi connectivity index (χ0v) is 12.0. The largest absolute Gasteiger partial charge is 0.344 e. The van der Waals surface area contributed by atoms with Crippen LogP contribution in [-0.2, 0) is 5.33 Å². The summed E-state index contributed by atoms with van der Waals surface area (Å²) in [6, 6.07) is 13.3. The average Bonchev–Trinajstić information content (AvgIpc) is 2.37. The van der Waals surface area contributed by atoms with E-state index in [-0.39, 0.29) is 5.82 Å². The van der Waals surface area contributed by atoms with Gasteiger partial charge in [-0.25, -0.2) is 4.39 Å². The summed E-state index contributed by atoms with van der Waals surface area (Å²) in [6.45, 7) is 2.05. The molecule has 0 radical (unpaired) electrons. The van der Waals surface area contributed by atoms with Crippen LogP contribution in [0.3, 0.4) is 0 Å². The normalized spacial score (nSPS) is 10.4. The fourth-order valence-electron chi connectivity index (χ4n) is 1.97. The van der Waals surface area contributed by atoms with Crippen molar-refractivity contribution in [2.24, 2.45) is 0 Å². The van der Waals surface area contributed by atoms with E-state index in [2.05, 4.69) is 22.0 Å². The van der Waals surface area contributed by atoms with Gasteiger partial charge in [-0.2, -0.15) is 0 Å². The third-order valence-corrected chi connectivity index (χ3v) is 3.54. The molecular weight excluding hydrogens is 293 g/mol. The standard InChI is InChI=1S/C15H15BrFN/c1-11-5-3-6-12(9-11)18(2)15-8-4-7-14(17)13(15)10-16/h3-9H,10H2,1-2H3. The van der Waals surface area contributed by atoms with Crippen LogP contribution in [0.4, 0.5) is 15.8 Å². The van der Waals surface area contributed by atoms with Crippen molar-refractivity contribution in [1.82, 2.24) is 0 Å². The first-order chi connectivity index (χ1) is 8.63. The number of anilines is 2. The van der Waals surface area contributed by atoms with E-state index in [0.29, 0.717) is 10.9 Å². The lowest BCUT2D eigenvalue weighted by Gasteiger charge is -2.22. The SMILES string of the molecule is Cc1cccc(N(C)c2cccc(F)c2CBr)c1. The second-order valence-corrected chi connectivity index (χ2v) is 4.83. The van der Waals surface area contributed by atoms with Crippen LogP contribution in [0.2, 0.25) is 0 Å². The van der Waals surface area contributed by atoms with Crippen LogP contribution in [0.25, 0.3) is 0 Å². The molecule has 0 atom stereocenters. The zero-order valence-electron chi connectivity index (χ0n) is 10.5. The molecule has 18 heavy (non-hydrogen) atoms. The van der Waals surface area contributed by atoms with E-state index in [9.17, 15) is 4.39 Å². The number of aryl methyl sites for hydroxylation is 1. The van der Waals surface area contributed by atoms with Gasteiger partial charge in [0, 0.05) is 29.3 Å². The molecule has 94 valence electrons. The van der Waals surface area contributed by atoms with Crippen molar-refractivity contribution >= 4 is 27.3 Å². The van der Waals surface area contributed by atoms with Crippen molar-refractivity contribution < 1.29 is 4.39 Å². The van der Waals surface area contributed by atoms with Crippen molar-refractivity contribution in [3.8, 4) is 0 Å². The average molecular weight is 308 g/mol. The third-order valence-electron chi connectivity index (χ3n) is 2.98. The number of halogens is 2. The molecule has 0 saturated carbocycles. The Morgan fingerprint density at radius 1 is 1.17 bits per heavy atom. The zero-order chi connectivity index (χ0) is 13.1. The Labute approximate surface area is 115 Å². The first-order valence-corrected chi connectivity index (χ1v) is 6.89. The molecule has 0 aliphatic heterocycles. The number of alkyl halides is 1. The highest BCUT2D eigenvalue weighted by atomic mass is 79.9. The van der Waals surface area contributed by atoms with Gasteiger partial charge in [0.25, 0.3) is 0 Å². The molecule has 0 spiro atoms. The third kappa shape index (κ3) is 2.56. The highest BCUT2D eigenvalue weighted by Gasteiger charge is 2.12. The topological polar surface area (TPSA) is 3.24 Å². The Kier molecular flexibility index (Phi) is 4.02. The molecule has 2 aromatic rings. The molecule has 0 bridgehead atoms. The van der Waals surface area contributed by atoms with Gasteiger partial charge in [0.1, 0.15) is 5.82 Å². The molecule has 0 amide bonds. The monoisotopic (exact) mass is 307 g/mol. The fourth-order valence-corrected chi connectivity index (χ4v) is 2.52. The van der Waals surface area contributed by atoms with E-state index in [1.54, 1.807) is 6.07 Å². The van der Waals surface area contributed by atoms with Crippen molar-refractivity contribution in [3.05, 3.63) is 59.4 Å². The lowest BCUT2D eigenvalue weighted by Crippen LogP contribution is -2.12. The van der Waals surface area contributed by atoms with Gasteiger partial charge < -0.3 is 4.90 Å². The number of nitrogens with zero attached hydrogens (tertiary/aromatic N) is 1. The van der Waals surface area contributed by atoms with Gasteiger partial charge in [0.05, 0.1) is 0 Å².